The van der Waals surface area contributed by atoms with E-state index in [2.05, 4.69) is 9.84 Å². The Hall–Kier alpha value is -3.58. The van der Waals surface area contributed by atoms with Gasteiger partial charge in [-0.05, 0) is 18.2 Å². The van der Waals surface area contributed by atoms with Gasteiger partial charge in [0.15, 0.2) is 12.4 Å². The van der Waals surface area contributed by atoms with E-state index in [0.717, 1.165) is 0 Å². The van der Waals surface area contributed by atoms with Gasteiger partial charge >= 0.3 is 5.97 Å². The second-order valence-corrected chi connectivity index (χ2v) is 4.32. The second kappa shape index (κ2) is 7.43. The molecular weight excluding hydrogens is 296 g/mol. The van der Waals surface area contributed by atoms with Gasteiger partial charge in [0.2, 0.25) is 0 Å². The molecule has 0 N–H and O–H groups in total. The maximum absolute atomic E-state index is 11.3. The molecule has 114 valence electrons. The largest absolute Gasteiger partial charge is 0.471 e. The highest BCUT2D eigenvalue weighted by Crippen LogP contribution is 2.21. The van der Waals surface area contributed by atoms with Crippen molar-refractivity contribution in [1.82, 2.24) is 9.78 Å². The number of esters is 1. The first-order valence-corrected chi connectivity index (χ1v) is 6.53. The van der Waals surface area contributed by atoms with Crippen molar-refractivity contribution >= 4 is 12.0 Å². The summed E-state index contributed by atoms with van der Waals surface area (Å²) in [5.74, 6) is -0.0367. The molecule has 0 aliphatic heterocycles. The van der Waals surface area contributed by atoms with Gasteiger partial charge in [-0.15, -0.1) is 0 Å². The maximum Gasteiger partial charge on any atom is 0.358 e. The predicted octanol–water partition coefficient (Wildman–Crippen LogP) is 2.14. The first-order chi connectivity index (χ1) is 11.2. The van der Waals surface area contributed by atoms with Gasteiger partial charge in [0.05, 0.1) is 7.11 Å². The van der Waals surface area contributed by atoms with Crippen LogP contribution in [-0.4, -0.2) is 22.9 Å². The molecular formula is C16H12N4O3. The molecule has 1 aromatic carbocycles. The lowest BCUT2D eigenvalue weighted by molar-refractivity contribution is 0.0592. The maximum atomic E-state index is 11.3. The Morgan fingerprint density at radius 3 is 2.74 bits per heavy atom. The molecule has 2 rings (SSSR count). The van der Waals surface area contributed by atoms with Crippen LogP contribution >= 0.6 is 0 Å². The summed E-state index contributed by atoms with van der Waals surface area (Å²) in [6.45, 7) is 0.0658. The topological polar surface area (TPSA) is 101 Å². The Morgan fingerprint density at radius 1 is 1.30 bits per heavy atom. The average Bonchev–Trinajstić information content (AvgIpc) is 3.07. The smallest absolute Gasteiger partial charge is 0.358 e. The number of carbonyl (C=O) groups is 1. The Labute approximate surface area is 132 Å². The number of nitriles is 2. The predicted molar refractivity (Wildman–Crippen MR) is 79.8 cm³/mol. The van der Waals surface area contributed by atoms with E-state index in [1.54, 1.807) is 42.6 Å². The minimum absolute atomic E-state index is 0.0203. The highest BCUT2D eigenvalue weighted by Gasteiger charge is 2.09. The van der Waals surface area contributed by atoms with E-state index in [1.807, 2.05) is 0 Å². The molecule has 7 heteroatoms. The number of aromatic nitrogens is 2. The van der Waals surface area contributed by atoms with Crippen LogP contribution in [0.4, 0.5) is 0 Å². The highest BCUT2D eigenvalue weighted by molar-refractivity contribution is 5.86. The molecule has 1 aromatic heterocycles. The summed E-state index contributed by atoms with van der Waals surface area (Å²) in [5, 5.41) is 21.7. The fourth-order valence-corrected chi connectivity index (χ4v) is 1.76. The van der Waals surface area contributed by atoms with Crippen LogP contribution in [0.1, 0.15) is 16.1 Å². The average molecular weight is 308 g/mol. The fourth-order valence-electron chi connectivity index (χ4n) is 1.76. The molecule has 0 saturated heterocycles. The zero-order valence-corrected chi connectivity index (χ0v) is 12.3. The van der Waals surface area contributed by atoms with Gasteiger partial charge in [0.25, 0.3) is 0 Å². The molecule has 0 unspecified atom stereocenters. The SMILES string of the molecule is COC(=O)c1ccn(COc2ccccc2C=C(C#N)C#N)n1. The standard InChI is InChI=1S/C16H12N4O3/c1-22-16(21)14-6-7-20(19-14)11-23-15-5-3-2-4-13(15)8-12(9-17)10-18/h2-8H,11H2,1H3. The van der Waals surface area contributed by atoms with Crippen molar-refractivity contribution in [3.05, 3.63) is 53.4 Å². The number of para-hydroxylation sites is 1. The molecule has 0 radical (unpaired) electrons. The number of benzene rings is 1. The summed E-state index contributed by atoms with van der Waals surface area (Å²) in [4.78, 5) is 11.3. The summed E-state index contributed by atoms with van der Waals surface area (Å²) >= 11 is 0. The van der Waals surface area contributed by atoms with E-state index in [0.29, 0.717) is 11.3 Å². The third-order valence-corrected chi connectivity index (χ3v) is 2.85. The number of rotatable bonds is 5. The van der Waals surface area contributed by atoms with Crippen LogP contribution < -0.4 is 4.74 Å². The van der Waals surface area contributed by atoms with Gasteiger partial charge in [0, 0.05) is 11.8 Å². The van der Waals surface area contributed by atoms with Crippen LogP contribution in [0, 0.1) is 22.7 Å². The molecule has 0 aliphatic carbocycles. The Kier molecular flexibility index (Phi) is 5.11. The highest BCUT2D eigenvalue weighted by atomic mass is 16.5. The van der Waals surface area contributed by atoms with Gasteiger partial charge in [-0.2, -0.15) is 15.6 Å². The zero-order chi connectivity index (χ0) is 16.7. The van der Waals surface area contributed by atoms with Crippen LogP contribution in [0.15, 0.2) is 42.1 Å². The second-order valence-electron chi connectivity index (χ2n) is 4.32. The molecule has 7 nitrogen and oxygen atoms in total. The molecule has 23 heavy (non-hydrogen) atoms. The monoisotopic (exact) mass is 308 g/mol. The molecule has 0 spiro atoms. The zero-order valence-electron chi connectivity index (χ0n) is 12.3. The van der Waals surface area contributed by atoms with Crippen molar-refractivity contribution in [3.63, 3.8) is 0 Å². The third-order valence-electron chi connectivity index (χ3n) is 2.85. The van der Waals surface area contributed by atoms with E-state index in [1.165, 1.54) is 23.9 Å². The lowest BCUT2D eigenvalue weighted by Crippen LogP contribution is -2.09. The molecule has 2 aromatic rings. The summed E-state index contributed by atoms with van der Waals surface area (Å²) in [7, 11) is 1.28. The number of allylic oxidation sites excluding steroid dienone is 1. The first-order valence-electron chi connectivity index (χ1n) is 6.53. The quantitative estimate of drug-likeness (QED) is 0.619. The minimum Gasteiger partial charge on any atom is -0.471 e. The van der Waals surface area contributed by atoms with E-state index in [4.69, 9.17) is 15.3 Å². The number of carbonyl (C=O) groups excluding carboxylic acids is 1. The van der Waals surface area contributed by atoms with Crippen LogP contribution in [0.5, 0.6) is 5.75 Å². The Morgan fingerprint density at radius 2 is 2.04 bits per heavy atom. The number of methoxy groups -OCH3 is 1. The Bertz CT molecular complexity index is 808. The van der Waals surface area contributed by atoms with Crippen LogP contribution in [0.2, 0.25) is 0 Å². The normalized spacial score (nSPS) is 9.35. The van der Waals surface area contributed by atoms with Crippen molar-refractivity contribution in [1.29, 1.82) is 10.5 Å². The molecule has 0 atom stereocenters. The van der Waals surface area contributed by atoms with Gasteiger partial charge < -0.3 is 9.47 Å². The fraction of sp³-hybridized carbons (Fsp3) is 0.125. The van der Waals surface area contributed by atoms with Crippen molar-refractivity contribution in [3.8, 4) is 17.9 Å². The minimum atomic E-state index is -0.528. The van der Waals surface area contributed by atoms with E-state index in [9.17, 15) is 4.79 Å². The van der Waals surface area contributed by atoms with E-state index in [-0.39, 0.29) is 18.0 Å². The third kappa shape index (κ3) is 3.96. The molecule has 0 aliphatic rings. The van der Waals surface area contributed by atoms with Gasteiger partial charge in [0.1, 0.15) is 23.5 Å². The number of nitrogens with zero attached hydrogens (tertiary/aromatic N) is 4. The number of ether oxygens (including phenoxy) is 2. The lowest BCUT2D eigenvalue weighted by atomic mass is 10.1. The van der Waals surface area contributed by atoms with Crippen LogP contribution in [-0.2, 0) is 11.5 Å². The molecule has 0 amide bonds. The number of hydrogen-bond donors (Lipinski definition) is 0. The van der Waals surface area contributed by atoms with E-state index < -0.39 is 5.97 Å². The van der Waals surface area contributed by atoms with Gasteiger partial charge in [-0.1, -0.05) is 18.2 Å². The van der Waals surface area contributed by atoms with E-state index >= 15 is 0 Å². The molecule has 0 fully saturated rings. The lowest BCUT2D eigenvalue weighted by Gasteiger charge is -2.09. The number of hydrogen-bond acceptors (Lipinski definition) is 6. The summed E-state index contributed by atoms with van der Waals surface area (Å²) in [5.41, 5.74) is 0.764. The van der Waals surface area contributed by atoms with Gasteiger partial charge in [-0.25, -0.2) is 9.48 Å². The molecule has 1 heterocycles. The summed E-state index contributed by atoms with van der Waals surface area (Å²) < 4.78 is 11.6. The van der Waals surface area contributed by atoms with Crippen molar-refractivity contribution in [2.75, 3.05) is 7.11 Å². The Balaban J connectivity index is 2.14. The molecule has 0 saturated carbocycles. The summed E-state index contributed by atoms with van der Waals surface area (Å²) in [6.07, 6.45) is 3.03. The van der Waals surface area contributed by atoms with Gasteiger partial charge in [-0.3, -0.25) is 0 Å². The van der Waals surface area contributed by atoms with Crippen molar-refractivity contribution in [2.24, 2.45) is 0 Å². The summed E-state index contributed by atoms with van der Waals surface area (Å²) in [6, 6.07) is 12.1. The van der Waals surface area contributed by atoms with Crippen LogP contribution in [0.25, 0.3) is 6.08 Å². The van der Waals surface area contributed by atoms with Crippen LogP contribution in [0.3, 0.4) is 0 Å². The molecule has 0 bridgehead atoms. The van der Waals surface area contributed by atoms with Crippen molar-refractivity contribution < 1.29 is 14.3 Å². The first kappa shape index (κ1) is 15.8. The van der Waals surface area contributed by atoms with Crippen molar-refractivity contribution in [2.45, 2.75) is 6.73 Å².